The largest absolute Gasteiger partial charge is 0.354 e. The van der Waals surface area contributed by atoms with Crippen LogP contribution in [0.4, 0.5) is 0 Å². The number of amides is 1. The summed E-state index contributed by atoms with van der Waals surface area (Å²) in [5, 5.41) is 14.5. The van der Waals surface area contributed by atoms with Crippen molar-refractivity contribution < 1.29 is 4.79 Å². The fourth-order valence-electron chi connectivity index (χ4n) is 2.62. The number of carbonyl (C=O) groups excluding carboxylic acids is 1. The van der Waals surface area contributed by atoms with Gasteiger partial charge in [-0.2, -0.15) is 5.26 Å². The van der Waals surface area contributed by atoms with Gasteiger partial charge in [-0.15, -0.1) is 0 Å². The van der Waals surface area contributed by atoms with Gasteiger partial charge in [-0.1, -0.05) is 0 Å². The van der Waals surface area contributed by atoms with Crippen LogP contribution in [0.25, 0.3) is 0 Å². The number of aromatic nitrogens is 1. The van der Waals surface area contributed by atoms with Gasteiger partial charge in [0.05, 0.1) is 12.5 Å². The van der Waals surface area contributed by atoms with Crippen LogP contribution >= 0.6 is 0 Å². The number of carbonyl (C=O) groups is 1. The van der Waals surface area contributed by atoms with Crippen molar-refractivity contribution in [1.82, 2.24) is 15.2 Å². The Bertz CT molecular complexity index is 486. The van der Waals surface area contributed by atoms with Gasteiger partial charge in [0.25, 0.3) is 0 Å². The topological polar surface area (TPSA) is 69.8 Å². The number of rotatable bonds is 5. The number of aryl methyl sites for hydroxylation is 1. The van der Waals surface area contributed by atoms with Crippen molar-refractivity contribution in [3.8, 4) is 6.07 Å². The van der Waals surface area contributed by atoms with Crippen LogP contribution in [0, 0.1) is 11.3 Å². The molecule has 0 saturated heterocycles. The Morgan fingerprint density at radius 3 is 3.16 bits per heavy atom. The molecule has 0 radical (unpaired) electrons. The summed E-state index contributed by atoms with van der Waals surface area (Å²) in [7, 11) is 1.98. The van der Waals surface area contributed by atoms with E-state index in [0.29, 0.717) is 25.6 Å². The van der Waals surface area contributed by atoms with Crippen LogP contribution in [0.15, 0.2) is 12.4 Å². The standard InChI is InChI=1S/C14H20N4O/c1-16-13-5-2-4-11-8-18(9-12(11)13)10-14(19)17-7-3-6-15/h8-9,13,16H,2-5,7,10H2,1H3,(H,17,19). The minimum atomic E-state index is -0.0383. The third-order valence-corrected chi connectivity index (χ3v) is 3.55. The van der Waals surface area contributed by atoms with E-state index >= 15 is 0 Å². The van der Waals surface area contributed by atoms with Crippen molar-refractivity contribution >= 4 is 5.91 Å². The quantitative estimate of drug-likeness (QED) is 0.779. The summed E-state index contributed by atoms with van der Waals surface area (Å²) in [4.78, 5) is 11.7. The van der Waals surface area contributed by atoms with Crippen molar-refractivity contribution in [1.29, 1.82) is 5.26 Å². The van der Waals surface area contributed by atoms with Crippen LogP contribution in [0.2, 0.25) is 0 Å². The van der Waals surface area contributed by atoms with E-state index in [2.05, 4.69) is 23.0 Å². The molecule has 1 aromatic heterocycles. The van der Waals surface area contributed by atoms with Crippen molar-refractivity contribution in [3.63, 3.8) is 0 Å². The second kappa shape index (κ2) is 6.39. The van der Waals surface area contributed by atoms with E-state index < -0.39 is 0 Å². The zero-order valence-electron chi connectivity index (χ0n) is 11.3. The van der Waals surface area contributed by atoms with Gasteiger partial charge in [-0.05, 0) is 37.4 Å². The van der Waals surface area contributed by atoms with Crippen LogP contribution in [0.3, 0.4) is 0 Å². The maximum absolute atomic E-state index is 11.7. The molecule has 1 unspecified atom stereocenters. The lowest BCUT2D eigenvalue weighted by Gasteiger charge is -2.21. The molecule has 1 aliphatic rings. The molecule has 2 N–H and O–H groups in total. The average Bonchev–Trinajstić information content (AvgIpc) is 2.80. The van der Waals surface area contributed by atoms with Crippen LogP contribution < -0.4 is 10.6 Å². The lowest BCUT2D eigenvalue weighted by molar-refractivity contribution is -0.121. The van der Waals surface area contributed by atoms with Crippen LogP contribution in [-0.2, 0) is 17.8 Å². The Morgan fingerprint density at radius 2 is 2.42 bits per heavy atom. The van der Waals surface area contributed by atoms with E-state index in [1.807, 2.05) is 17.7 Å². The van der Waals surface area contributed by atoms with Crippen molar-refractivity contribution in [2.75, 3.05) is 13.6 Å². The second-order valence-electron chi connectivity index (χ2n) is 4.90. The first-order valence-electron chi connectivity index (χ1n) is 6.74. The monoisotopic (exact) mass is 260 g/mol. The Labute approximate surface area is 113 Å². The maximum Gasteiger partial charge on any atom is 0.239 e. The van der Waals surface area contributed by atoms with Gasteiger partial charge in [0.1, 0.15) is 6.54 Å². The van der Waals surface area contributed by atoms with E-state index in [9.17, 15) is 4.79 Å². The molecule has 5 heteroatoms. The maximum atomic E-state index is 11.7. The molecule has 102 valence electrons. The summed E-state index contributed by atoms with van der Waals surface area (Å²) >= 11 is 0. The lowest BCUT2D eigenvalue weighted by atomic mass is 9.91. The van der Waals surface area contributed by atoms with Gasteiger partial charge in [-0.3, -0.25) is 4.79 Å². The smallest absolute Gasteiger partial charge is 0.239 e. The van der Waals surface area contributed by atoms with Gasteiger partial charge < -0.3 is 15.2 Å². The van der Waals surface area contributed by atoms with Gasteiger partial charge >= 0.3 is 0 Å². The third kappa shape index (κ3) is 3.36. The summed E-state index contributed by atoms with van der Waals surface area (Å²) in [6, 6.07) is 2.42. The highest BCUT2D eigenvalue weighted by Crippen LogP contribution is 2.29. The number of nitrogens with one attached hydrogen (secondary N) is 2. The van der Waals surface area contributed by atoms with E-state index in [1.54, 1.807) is 0 Å². The molecule has 0 bridgehead atoms. The Balaban J connectivity index is 1.97. The first-order chi connectivity index (χ1) is 9.24. The van der Waals surface area contributed by atoms with Crippen molar-refractivity contribution in [2.24, 2.45) is 0 Å². The molecule has 19 heavy (non-hydrogen) atoms. The highest BCUT2D eigenvalue weighted by molar-refractivity contribution is 5.75. The van der Waals surface area contributed by atoms with E-state index in [4.69, 9.17) is 5.26 Å². The fraction of sp³-hybridized carbons (Fsp3) is 0.571. The van der Waals surface area contributed by atoms with Crippen molar-refractivity contribution in [3.05, 3.63) is 23.5 Å². The van der Waals surface area contributed by atoms with Crippen molar-refractivity contribution in [2.45, 2.75) is 38.3 Å². The number of hydrogen-bond acceptors (Lipinski definition) is 3. The molecule has 1 aromatic rings. The van der Waals surface area contributed by atoms with Gasteiger partial charge in [-0.25, -0.2) is 0 Å². The predicted molar refractivity (Wildman–Crippen MR) is 72.4 cm³/mol. The average molecular weight is 260 g/mol. The highest BCUT2D eigenvalue weighted by Gasteiger charge is 2.20. The number of nitrogens with zero attached hydrogens (tertiary/aromatic N) is 2. The molecule has 0 aliphatic heterocycles. The SMILES string of the molecule is CNC1CCCc2cn(CC(=O)NCCC#N)cc21. The van der Waals surface area contributed by atoms with E-state index in [1.165, 1.54) is 17.5 Å². The van der Waals surface area contributed by atoms with Crippen LogP contribution in [0.5, 0.6) is 0 Å². The molecule has 0 aromatic carbocycles. The molecule has 1 aliphatic carbocycles. The summed E-state index contributed by atoms with van der Waals surface area (Å²) in [5.41, 5.74) is 2.66. The molecular formula is C14H20N4O. The third-order valence-electron chi connectivity index (χ3n) is 3.55. The molecule has 2 rings (SSSR count). The summed E-state index contributed by atoms with van der Waals surface area (Å²) in [6.45, 7) is 0.754. The number of fused-ring (bicyclic) bond motifs is 1. The first kappa shape index (κ1) is 13.6. The van der Waals surface area contributed by atoms with E-state index in [0.717, 1.165) is 12.8 Å². The normalized spacial score (nSPS) is 17.6. The fourth-order valence-corrected chi connectivity index (χ4v) is 2.62. The van der Waals surface area contributed by atoms with E-state index in [-0.39, 0.29) is 5.91 Å². The first-order valence-corrected chi connectivity index (χ1v) is 6.74. The minimum Gasteiger partial charge on any atom is -0.354 e. The highest BCUT2D eigenvalue weighted by atomic mass is 16.1. The zero-order valence-corrected chi connectivity index (χ0v) is 11.3. The molecule has 0 fully saturated rings. The van der Waals surface area contributed by atoms with Gasteiger partial charge in [0, 0.05) is 25.0 Å². The van der Waals surface area contributed by atoms with Gasteiger partial charge in [0.2, 0.25) is 5.91 Å². The molecule has 0 saturated carbocycles. The van der Waals surface area contributed by atoms with Crippen LogP contribution in [0.1, 0.15) is 36.4 Å². The summed E-state index contributed by atoms with van der Waals surface area (Å²) < 4.78 is 1.95. The molecular weight excluding hydrogens is 240 g/mol. The zero-order chi connectivity index (χ0) is 13.7. The Kier molecular flexibility index (Phi) is 4.58. The van der Waals surface area contributed by atoms with Gasteiger partial charge in [0.15, 0.2) is 0 Å². The molecule has 1 amide bonds. The summed E-state index contributed by atoms with van der Waals surface area (Å²) in [5.74, 6) is -0.0383. The molecule has 1 atom stereocenters. The van der Waals surface area contributed by atoms with Crippen LogP contribution in [-0.4, -0.2) is 24.1 Å². The lowest BCUT2D eigenvalue weighted by Crippen LogP contribution is -2.27. The predicted octanol–water partition coefficient (Wildman–Crippen LogP) is 1.11. The number of hydrogen-bond donors (Lipinski definition) is 2. The Hall–Kier alpha value is -1.80. The summed E-state index contributed by atoms with van der Waals surface area (Å²) in [6.07, 6.45) is 7.94. The molecule has 0 spiro atoms. The Morgan fingerprint density at radius 1 is 1.58 bits per heavy atom. The minimum absolute atomic E-state index is 0.0383. The second-order valence-corrected chi connectivity index (χ2v) is 4.90. The molecule has 1 heterocycles. The molecule has 5 nitrogen and oxygen atoms in total. The number of nitriles is 1.